The van der Waals surface area contributed by atoms with Crippen molar-refractivity contribution in [3.05, 3.63) is 68.5 Å². The van der Waals surface area contributed by atoms with E-state index in [1.54, 1.807) is 12.1 Å². The highest BCUT2D eigenvalue weighted by molar-refractivity contribution is 6.31. The van der Waals surface area contributed by atoms with Crippen molar-refractivity contribution in [3.8, 4) is 0 Å². The third-order valence-corrected chi connectivity index (χ3v) is 6.49. The maximum atomic E-state index is 12.5. The summed E-state index contributed by atoms with van der Waals surface area (Å²) in [5, 5.41) is 1.23. The number of benzene rings is 1. The van der Waals surface area contributed by atoms with E-state index in [0.29, 0.717) is 10.4 Å². The number of pyridine rings is 1. The number of aromatic amines is 1. The van der Waals surface area contributed by atoms with Crippen molar-refractivity contribution in [1.29, 1.82) is 0 Å². The largest absolute Gasteiger partial charge is 0.357 e. The molecule has 3 heterocycles. The van der Waals surface area contributed by atoms with Gasteiger partial charge in [-0.3, -0.25) is 9.69 Å². The monoisotopic (exact) mass is 394 g/mol. The normalized spacial score (nSPS) is 22.1. The first-order valence-corrected chi connectivity index (χ1v) is 10.3. The number of nitrogens with zero attached hydrogens (tertiary/aromatic N) is 3. The Hall–Kier alpha value is -2.24. The van der Waals surface area contributed by atoms with Gasteiger partial charge < -0.3 is 4.98 Å². The fourth-order valence-corrected chi connectivity index (χ4v) is 5.16. The van der Waals surface area contributed by atoms with Gasteiger partial charge in [0.15, 0.2) is 5.43 Å². The van der Waals surface area contributed by atoms with Crippen molar-refractivity contribution in [1.82, 2.24) is 19.9 Å². The predicted octanol–water partition coefficient (Wildman–Crippen LogP) is 3.76. The lowest BCUT2D eigenvalue weighted by Gasteiger charge is -2.40. The van der Waals surface area contributed by atoms with Crippen LogP contribution in [0.1, 0.15) is 42.0 Å². The Labute approximate surface area is 168 Å². The molecule has 0 saturated carbocycles. The molecule has 1 spiro atoms. The zero-order valence-electron chi connectivity index (χ0n) is 16.0. The smallest absolute Gasteiger partial charge is 0.189 e. The number of H-pyrrole nitrogens is 1. The van der Waals surface area contributed by atoms with E-state index in [-0.39, 0.29) is 10.8 Å². The fraction of sp³-hybridized carbons (Fsp3) is 0.409. The van der Waals surface area contributed by atoms with Gasteiger partial charge in [0.05, 0.1) is 5.69 Å². The maximum absolute atomic E-state index is 12.5. The zero-order valence-corrected chi connectivity index (χ0v) is 16.7. The summed E-state index contributed by atoms with van der Waals surface area (Å²) >= 11 is 6.04. The molecular formula is C22H23ClN4O. The molecule has 0 bridgehead atoms. The van der Waals surface area contributed by atoms with Crippen LogP contribution < -0.4 is 5.43 Å². The Morgan fingerprint density at radius 3 is 3.07 bits per heavy atom. The van der Waals surface area contributed by atoms with Crippen LogP contribution in [-0.2, 0) is 18.4 Å². The summed E-state index contributed by atoms with van der Waals surface area (Å²) in [6, 6.07) is 7.14. The summed E-state index contributed by atoms with van der Waals surface area (Å²) < 4.78 is 0. The maximum Gasteiger partial charge on any atom is 0.189 e. The van der Waals surface area contributed by atoms with Crippen molar-refractivity contribution in [3.63, 3.8) is 0 Å². The number of hydrogen-bond donors (Lipinski definition) is 1. The second kappa shape index (κ2) is 6.68. The highest BCUT2D eigenvalue weighted by atomic mass is 35.5. The Kier molecular flexibility index (Phi) is 4.25. The Morgan fingerprint density at radius 2 is 2.18 bits per heavy atom. The van der Waals surface area contributed by atoms with Gasteiger partial charge in [-0.25, -0.2) is 9.97 Å². The van der Waals surface area contributed by atoms with Crippen molar-refractivity contribution >= 4 is 22.5 Å². The molecule has 28 heavy (non-hydrogen) atoms. The molecule has 5 nitrogen and oxygen atoms in total. The minimum atomic E-state index is 0.0209. The van der Waals surface area contributed by atoms with E-state index in [1.807, 2.05) is 25.3 Å². The fourth-order valence-electron chi connectivity index (χ4n) is 4.99. The van der Waals surface area contributed by atoms with E-state index < -0.39 is 0 Å². The van der Waals surface area contributed by atoms with Crippen LogP contribution in [0.15, 0.2) is 35.3 Å². The molecule has 1 atom stereocenters. The first-order chi connectivity index (χ1) is 13.5. The molecule has 1 unspecified atom stereocenters. The number of nitrogens with one attached hydrogen (secondary N) is 1. The van der Waals surface area contributed by atoms with Gasteiger partial charge in [-0.1, -0.05) is 11.6 Å². The topological polar surface area (TPSA) is 61.9 Å². The van der Waals surface area contributed by atoms with Crippen LogP contribution in [0.4, 0.5) is 0 Å². The van der Waals surface area contributed by atoms with Gasteiger partial charge in [0, 0.05) is 52.4 Å². The summed E-state index contributed by atoms with van der Waals surface area (Å²) in [6.45, 7) is 4.74. The number of aryl methyl sites for hydroxylation is 2. The molecule has 1 aliphatic heterocycles. The molecule has 1 saturated heterocycles. The number of rotatable bonds is 2. The quantitative estimate of drug-likeness (QED) is 0.718. The first kappa shape index (κ1) is 17.8. The Balaban J connectivity index is 1.43. The van der Waals surface area contributed by atoms with E-state index in [0.717, 1.165) is 55.9 Å². The van der Waals surface area contributed by atoms with Crippen LogP contribution >= 0.6 is 11.6 Å². The van der Waals surface area contributed by atoms with Gasteiger partial charge in [-0.05, 0) is 62.9 Å². The molecular weight excluding hydrogens is 372 g/mol. The number of halogens is 1. The molecule has 1 fully saturated rings. The zero-order chi connectivity index (χ0) is 19.3. The summed E-state index contributed by atoms with van der Waals surface area (Å²) in [7, 11) is 0. The van der Waals surface area contributed by atoms with E-state index in [4.69, 9.17) is 16.6 Å². The van der Waals surface area contributed by atoms with Crippen LogP contribution in [0.25, 0.3) is 10.9 Å². The summed E-state index contributed by atoms with van der Waals surface area (Å²) in [5.41, 5.74) is 4.51. The summed E-state index contributed by atoms with van der Waals surface area (Å²) in [6.07, 6.45) is 6.55. The molecule has 1 aromatic carbocycles. The number of aromatic nitrogens is 3. The number of hydrogen-bond acceptors (Lipinski definition) is 4. The van der Waals surface area contributed by atoms with Gasteiger partial charge in [-0.2, -0.15) is 0 Å². The van der Waals surface area contributed by atoms with Crippen LogP contribution in [0.5, 0.6) is 0 Å². The highest BCUT2D eigenvalue weighted by Crippen LogP contribution is 2.44. The van der Waals surface area contributed by atoms with Crippen molar-refractivity contribution < 1.29 is 0 Å². The standard InChI is InChI=1S/C22H23ClN4O/c1-14-24-11-15-5-7-22(21(15)25-14)6-2-8-27(13-22)12-17-10-20(28)18-9-16(23)3-4-19(18)26-17/h3-4,9-11H,2,5-8,12-13H2,1H3,(H,26,28). The molecule has 1 aliphatic carbocycles. The van der Waals surface area contributed by atoms with Crippen LogP contribution in [-0.4, -0.2) is 32.9 Å². The van der Waals surface area contributed by atoms with Crippen molar-refractivity contribution in [2.24, 2.45) is 0 Å². The van der Waals surface area contributed by atoms with Crippen LogP contribution in [0.2, 0.25) is 5.02 Å². The highest BCUT2D eigenvalue weighted by Gasteiger charge is 2.43. The summed E-state index contributed by atoms with van der Waals surface area (Å²) in [4.78, 5) is 27.6. The molecule has 5 rings (SSSR count). The number of fused-ring (bicyclic) bond motifs is 3. The van der Waals surface area contributed by atoms with Crippen molar-refractivity contribution in [2.45, 2.75) is 44.6 Å². The average molecular weight is 395 g/mol. The second-order valence-electron chi connectivity index (χ2n) is 8.23. The van der Waals surface area contributed by atoms with Crippen LogP contribution in [0.3, 0.4) is 0 Å². The summed E-state index contributed by atoms with van der Waals surface area (Å²) in [5.74, 6) is 0.856. The van der Waals surface area contributed by atoms with Crippen LogP contribution in [0, 0.1) is 6.92 Å². The van der Waals surface area contributed by atoms with Gasteiger partial charge in [-0.15, -0.1) is 0 Å². The lowest BCUT2D eigenvalue weighted by atomic mass is 9.77. The molecule has 2 aliphatic rings. The van der Waals surface area contributed by atoms with E-state index in [1.165, 1.54) is 17.7 Å². The number of likely N-dealkylation sites (tertiary alicyclic amines) is 1. The molecule has 6 heteroatoms. The molecule has 1 N–H and O–H groups in total. The lowest BCUT2D eigenvalue weighted by molar-refractivity contribution is 0.135. The number of piperidine rings is 1. The lowest BCUT2D eigenvalue weighted by Crippen LogP contribution is -2.45. The van der Waals surface area contributed by atoms with E-state index in [9.17, 15) is 4.79 Å². The third-order valence-electron chi connectivity index (χ3n) is 6.26. The molecule has 2 aromatic heterocycles. The third kappa shape index (κ3) is 3.03. The SMILES string of the molecule is Cc1ncc2c(n1)C1(CCCN(Cc3cc(=O)c4cc(Cl)ccc4[nH]3)C1)CC2. The second-order valence-corrected chi connectivity index (χ2v) is 8.67. The van der Waals surface area contributed by atoms with Gasteiger partial charge in [0.1, 0.15) is 5.82 Å². The Bertz CT molecular complexity index is 1120. The minimum Gasteiger partial charge on any atom is -0.357 e. The predicted molar refractivity (Wildman–Crippen MR) is 111 cm³/mol. The van der Waals surface area contributed by atoms with Crippen molar-refractivity contribution in [2.75, 3.05) is 13.1 Å². The average Bonchev–Trinajstić information content (AvgIpc) is 3.00. The molecule has 0 amide bonds. The Morgan fingerprint density at radius 1 is 1.29 bits per heavy atom. The molecule has 0 radical (unpaired) electrons. The molecule has 144 valence electrons. The van der Waals surface area contributed by atoms with Gasteiger partial charge in [0.25, 0.3) is 0 Å². The van der Waals surface area contributed by atoms with Gasteiger partial charge in [0.2, 0.25) is 0 Å². The van der Waals surface area contributed by atoms with Gasteiger partial charge >= 0.3 is 0 Å². The van der Waals surface area contributed by atoms with E-state index in [2.05, 4.69) is 14.9 Å². The first-order valence-electron chi connectivity index (χ1n) is 9.89. The van der Waals surface area contributed by atoms with E-state index >= 15 is 0 Å². The minimum absolute atomic E-state index is 0.0209. The molecule has 3 aromatic rings.